The molecule has 1 heterocycles. The highest BCUT2D eigenvalue weighted by Crippen LogP contribution is 2.28. The SMILES string of the molecule is O=C(c1ccccc1[N+](=O)[O-])N(Cc1ccc(Cl)cc1Cl)C1CCS(=O)(=O)C1. The average molecular weight is 443 g/mol. The Labute approximate surface area is 171 Å². The number of hydrogen-bond donors (Lipinski definition) is 0. The average Bonchev–Trinajstić information content (AvgIpc) is 3.00. The molecule has 7 nitrogen and oxygen atoms in total. The summed E-state index contributed by atoms with van der Waals surface area (Å²) in [6.45, 7) is 0.0150. The summed E-state index contributed by atoms with van der Waals surface area (Å²) >= 11 is 12.1. The Morgan fingerprint density at radius 3 is 2.54 bits per heavy atom. The van der Waals surface area contributed by atoms with Crippen LogP contribution in [0.2, 0.25) is 10.0 Å². The molecule has 1 aliphatic heterocycles. The van der Waals surface area contributed by atoms with Gasteiger partial charge >= 0.3 is 0 Å². The second-order valence-electron chi connectivity index (χ2n) is 6.50. The largest absolute Gasteiger partial charge is 0.330 e. The Morgan fingerprint density at radius 1 is 1.21 bits per heavy atom. The van der Waals surface area contributed by atoms with Crippen LogP contribution >= 0.6 is 23.2 Å². The van der Waals surface area contributed by atoms with E-state index in [1.54, 1.807) is 12.1 Å². The molecule has 0 aromatic heterocycles. The van der Waals surface area contributed by atoms with Crippen LogP contribution < -0.4 is 0 Å². The van der Waals surface area contributed by atoms with Crippen molar-refractivity contribution < 1.29 is 18.1 Å². The van der Waals surface area contributed by atoms with E-state index in [4.69, 9.17) is 23.2 Å². The van der Waals surface area contributed by atoms with Gasteiger partial charge in [-0.1, -0.05) is 41.4 Å². The highest BCUT2D eigenvalue weighted by atomic mass is 35.5. The van der Waals surface area contributed by atoms with E-state index in [-0.39, 0.29) is 35.7 Å². The number of nitro benzene ring substituents is 1. The molecule has 0 spiro atoms. The first kappa shape index (κ1) is 20.6. The van der Waals surface area contributed by atoms with Gasteiger partial charge in [0.15, 0.2) is 9.84 Å². The Bertz CT molecular complexity index is 1040. The van der Waals surface area contributed by atoms with E-state index in [1.807, 2.05) is 0 Å². The molecule has 1 saturated heterocycles. The molecule has 148 valence electrons. The van der Waals surface area contributed by atoms with E-state index in [2.05, 4.69) is 0 Å². The second-order valence-corrected chi connectivity index (χ2v) is 9.57. The first-order valence-electron chi connectivity index (χ1n) is 8.36. The van der Waals surface area contributed by atoms with E-state index in [9.17, 15) is 23.3 Å². The highest BCUT2D eigenvalue weighted by molar-refractivity contribution is 7.91. The zero-order valence-corrected chi connectivity index (χ0v) is 16.9. The maximum absolute atomic E-state index is 13.2. The Hall–Kier alpha value is -2.16. The van der Waals surface area contributed by atoms with Gasteiger partial charge in [-0.05, 0) is 30.2 Å². The summed E-state index contributed by atoms with van der Waals surface area (Å²) in [6.07, 6.45) is 0.264. The first-order valence-corrected chi connectivity index (χ1v) is 10.9. The van der Waals surface area contributed by atoms with Gasteiger partial charge in [-0.25, -0.2) is 8.42 Å². The molecule has 1 amide bonds. The number of carbonyl (C=O) groups excluding carboxylic acids is 1. The van der Waals surface area contributed by atoms with Crippen molar-refractivity contribution in [2.45, 2.75) is 19.0 Å². The number of nitrogens with zero attached hydrogens (tertiary/aromatic N) is 2. The normalized spacial score (nSPS) is 18.0. The number of hydrogen-bond acceptors (Lipinski definition) is 5. The summed E-state index contributed by atoms with van der Waals surface area (Å²) in [6, 6.07) is 9.79. The standard InChI is InChI=1S/C18H16Cl2N2O5S/c19-13-6-5-12(16(20)9-13)10-21(14-7-8-28(26,27)11-14)18(23)15-3-1-2-4-17(15)22(24)25/h1-6,9,14H,7-8,10-11H2. The topological polar surface area (TPSA) is 97.6 Å². The van der Waals surface area contributed by atoms with E-state index < -0.39 is 26.7 Å². The van der Waals surface area contributed by atoms with Crippen LogP contribution in [0.3, 0.4) is 0 Å². The summed E-state index contributed by atoms with van der Waals surface area (Å²) in [5.74, 6) is -0.836. The van der Waals surface area contributed by atoms with Crippen LogP contribution in [-0.4, -0.2) is 41.7 Å². The molecule has 3 rings (SSSR count). The van der Waals surface area contributed by atoms with Gasteiger partial charge < -0.3 is 4.90 Å². The van der Waals surface area contributed by atoms with Crippen molar-refractivity contribution >= 4 is 44.6 Å². The molecule has 2 aromatic carbocycles. The van der Waals surface area contributed by atoms with Crippen LogP contribution in [-0.2, 0) is 16.4 Å². The molecule has 1 fully saturated rings. The third kappa shape index (κ3) is 4.45. The molecular weight excluding hydrogens is 427 g/mol. The third-order valence-electron chi connectivity index (χ3n) is 4.60. The lowest BCUT2D eigenvalue weighted by atomic mass is 10.1. The van der Waals surface area contributed by atoms with Crippen LogP contribution in [0.15, 0.2) is 42.5 Å². The second kappa shape index (κ2) is 8.06. The maximum atomic E-state index is 13.2. The predicted octanol–water partition coefficient (Wildman–Crippen LogP) is 3.73. The molecular formula is C18H16Cl2N2O5S. The number of halogens is 2. The van der Waals surface area contributed by atoms with Crippen LogP contribution in [0.5, 0.6) is 0 Å². The van der Waals surface area contributed by atoms with Gasteiger partial charge in [-0.2, -0.15) is 0 Å². The van der Waals surface area contributed by atoms with Crippen molar-refractivity contribution in [1.82, 2.24) is 4.90 Å². The lowest BCUT2D eigenvalue weighted by Crippen LogP contribution is -2.41. The molecule has 0 saturated carbocycles. The van der Waals surface area contributed by atoms with Crippen molar-refractivity contribution in [3.8, 4) is 0 Å². The monoisotopic (exact) mass is 442 g/mol. The number of nitro groups is 1. The minimum Gasteiger partial charge on any atom is -0.330 e. The van der Waals surface area contributed by atoms with Crippen LogP contribution in [0.25, 0.3) is 0 Å². The molecule has 28 heavy (non-hydrogen) atoms. The van der Waals surface area contributed by atoms with Gasteiger partial charge in [0.1, 0.15) is 5.56 Å². The fraction of sp³-hybridized carbons (Fsp3) is 0.278. The molecule has 1 aliphatic rings. The van der Waals surface area contributed by atoms with Gasteiger partial charge in [0.05, 0.1) is 16.4 Å². The van der Waals surface area contributed by atoms with Crippen molar-refractivity contribution in [3.05, 3.63) is 73.8 Å². The quantitative estimate of drug-likeness (QED) is 0.518. The lowest BCUT2D eigenvalue weighted by molar-refractivity contribution is -0.385. The highest BCUT2D eigenvalue weighted by Gasteiger charge is 2.37. The van der Waals surface area contributed by atoms with Gasteiger partial charge in [-0.15, -0.1) is 0 Å². The van der Waals surface area contributed by atoms with Gasteiger partial charge in [0.2, 0.25) is 0 Å². The summed E-state index contributed by atoms with van der Waals surface area (Å²) in [4.78, 5) is 25.3. The number of carbonyl (C=O) groups is 1. The number of para-hydroxylation sites is 1. The van der Waals surface area contributed by atoms with Crippen molar-refractivity contribution in [3.63, 3.8) is 0 Å². The van der Waals surface area contributed by atoms with Crippen LogP contribution in [0.1, 0.15) is 22.3 Å². The van der Waals surface area contributed by atoms with E-state index in [0.717, 1.165) is 0 Å². The minimum atomic E-state index is -3.27. The summed E-state index contributed by atoms with van der Waals surface area (Å²) in [5.41, 5.74) is 0.143. The lowest BCUT2D eigenvalue weighted by Gasteiger charge is -2.29. The third-order valence-corrected chi connectivity index (χ3v) is 6.93. The van der Waals surface area contributed by atoms with Crippen molar-refractivity contribution in [1.29, 1.82) is 0 Å². The van der Waals surface area contributed by atoms with E-state index >= 15 is 0 Å². The predicted molar refractivity (Wildman–Crippen MR) is 106 cm³/mol. The molecule has 10 heteroatoms. The fourth-order valence-electron chi connectivity index (χ4n) is 3.19. The molecule has 1 atom stereocenters. The Kier molecular flexibility index (Phi) is 5.92. The Morgan fingerprint density at radius 2 is 1.93 bits per heavy atom. The minimum absolute atomic E-state index is 0.0150. The van der Waals surface area contributed by atoms with E-state index in [1.165, 1.54) is 35.2 Å². The Balaban J connectivity index is 2.01. The summed E-state index contributed by atoms with van der Waals surface area (Å²) in [5, 5.41) is 12.1. The molecule has 1 unspecified atom stereocenters. The maximum Gasteiger partial charge on any atom is 0.282 e. The zero-order chi connectivity index (χ0) is 20.5. The number of amides is 1. The van der Waals surface area contributed by atoms with Gasteiger partial charge in [-0.3, -0.25) is 14.9 Å². The molecule has 0 bridgehead atoms. The molecule has 0 N–H and O–H groups in total. The number of sulfone groups is 1. The first-order chi connectivity index (χ1) is 13.2. The number of benzene rings is 2. The molecule has 0 radical (unpaired) electrons. The van der Waals surface area contributed by atoms with E-state index in [0.29, 0.717) is 15.6 Å². The zero-order valence-electron chi connectivity index (χ0n) is 14.5. The summed E-state index contributed by atoms with van der Waals surface area (Å²) in [7, 11) is -3.27. The van der Waals surface area contributed by atoms with Crippen molar-refractivity contribution in [2.75, 3.05) is 11.5 Å². The van der Waals surface area contributed by atoms with Crippen LogP contribution in [0.4, 0.5) is 5.69 Å². The van der Waals surface area contributed by atoms with Crippen LogP contribution in [0, 0.1) is 10.1 Å². The smallest absolute Gasteiger partial charge is 0.282 e. The van der Waals surface area contributed by atoms with Gasteiger partial charge in [0.25, 0.3) is 11.6 Å². The molecule has 0 aliphatic carbocycles. The van der Waals surface area contributed by atoms with Crippen molar-refractivity contribution in [2.24, 2.45) is 0 Å². The number of rotatable bonds is 5. The van der Waals surface area contributed by atoms with Gasteiger partial charge in [0, 0.05) is 28.7 Å². The molecule has 2 aromatic rings. The summed E-state index contributed by atoms with van der Waals surface area (Å²) < 4.78 is 23.9. The fourth-order valence-corrected chi connectivity index (χ4v) is 5.39.